The summed E-state index contributed by atoms with van der Waals surface area (Å²) >= 11 is 0. The van der Waals surface area contributed by atoms with Gasteiger partial charge in [0.15, 0.2) is 5.78 Å². The van der Waals surface area contributed by atoms with E-state index in [1.165, 1.54) is 11.1 Å². The molecule has 0 aliphatic heterocycles. The highest BCUT2D eigenvalue weighted by Crippen LogP contribution is 2.46. The second kappa shape index (κ2) is 3.73. The molecule has 0 radical (unpaired) electrons. The summed E-state index contributed by atoms with van der Waals surface area (Å²) in [5.41, 5.74) is 4.85. The van der Waals surface area contributed by atoms with Crippen molar-refractivity contribution in [2.75, 3.05) is 0 Å². The van der Waals surface area contributed by atoms with Crippen molar-refractivity contribution in [3.8, 4) is 0 Å². The molecule has 0 aromatic heterocycles. The van der Waals surface area contributed by atoms with Gasteiger partial charge in [0.1, 0.15) is 0 Å². The van der Waals surface area contributed by atoms with Gasteiger partial charge in [0.2, 0.25) is 0 Å². The smallest absolute Gasteiger partial charge is 0.160 e. The second-order valence-electron chi connectivity index (χ2n) is 5.29. The van der Waals surface area contributed by atoms with Crippen LogP contribution in [0.25, 0.3) is 0 Å². The van der Waals surface area contributed by atoms with E-state index in [1.54, 1.807) is 6.92 Å². The number of rotatable bonds is 1. The van der Waals surface area contributed by atoms with Crippen molar-refractivity contribution in [3.63, 3.8) is 0 Å². The Morgan fingerprint density at radius 3 is 2.06 bits per heavy atom. The summed E-state index contributed by atoms with van der Waals surface area (Å²) in [7, 11) is 0. The third kappa shape index (κ3) is 1.50. The average Bonchev–Trinajstić information content (AvgIpc) is 2.43. The van der Waals surface area contributed by atoms with Crippen molar-refractivity contribution < 1.29 is 4.79 Å². The topological polar surface area (TPSA) is 17.1 Å². The van der Waals surface area contributed by atoms with E-state index in [2.05, 4.69) is 32.9 Å². The standard InChI is InChI=1S/C15H20O/c1-8-6-14-10(3)9(2)11(4)15(14)7-13(8)12(5)16/h6-7,9-11H,1-5H3/t9-,10+,11+/m1/s1. The Labute approximate surface area is 97.9 Å². The van der Waals surface area contributed by atoms with Crippen LogP contribution in [0, 0.1) is 12.8 Å². The Balaban J connectivity index is 2.60. The maximum Gasteiger partial charge on any atom is 0.160 e. The molecule has 1 heteroatoms. The molecule has 0 amide bonds. The first-order valence-electron chi connectivity index (χ1n) is 6.08. The first-order chi connectivity index (χ1) is 7.43. The van der Waals surface area contributed by atoms with E-state index >= 15 is 0 Å². The summed E-state index contributed by atoms with van der Waals surface area (Å²) in [5.74, 6) is 2.05. The summed E-state index contributed by atoms with van der Waals surface area (Å²) in [6.07, 6.45) is 0. The van der Waals surface area contributed by atoms with Gasteiger partial charge in [-0.1, -0.05) is 26.8 Å². The van der Waals surface area contributed by atoms with Crippen LogP contribution in [0.15, 0.2) is 12.1 Å². The minimum atomic E-state index is 0.180. The molecule has 1 aliphatic rings. The summed E-state index contributed by atoms with van der Waals surface area (Å²) in [6, 6.07) is 4.34. The molecule has 1 aromatic rings. The fourth-order valence-electron chi connectivity index (χ4n) is 2.91. The van der Waals surface area contributed by atoms with Gasteiger partial charge in [-0.3, -0.25) is 4.79 Å². The van der Waals surface area contributed by atoms with Gasteiger partial charge in [0, 0.05) is 5.56 Å². The molecular formula is C15H20O. The molecule has 0 fully saturated rings. The van der Waals surface area contributed by atoms with Gasteiger partial charge in [0.25, 0.3) is 0 Å². The molecule has 1 nitrogen and oxygen atoms in total. The van der Waals surface area contributed by atoms with Crippen molar-refractivity contribution in [3.05, 3.63) is 34.4 Å². The number of aryl methyl sites for hydroxylation is 1. The molecule has 0 N–H and O–H groups in total. The minimum Gasteiger partial charge on any atom is -0.295 e. The van der Waals surface area contributed by atoms with Gasteiger partial charge in [0.05, 0.1) is 0 Å². The predicted octanol–water partition coefficient (Wildman–Crippen LogP) is 4.05. The van der Waals surface area contributed by atoms with Crippen LogP contribution in [0.5, 0.6) is 0 Å². The number of fused-ring (bicyclic) bond motifs is 1. The van der Waals surface area contributed by atoms with Crippen molar-refractivity contribution in [2.45, 2.75) is 46.5 Å². The molecule has 0 unspecified atom stereocenters. The monoisotopic (exact) mass is 216 g/mol. The molecule has 16 heavy (non-hydrogen) atoms. The Kier molecular flexibility index (Phi) is 2.65. The van der Waals surface area contributed by atoms with Crippen molar-refractivity contribution in [2.24, 2.45) is 5.92 Å². The first-order valence-corrected chi connectivity index (χ1v) is 6.08. The Morgan fingerprint density at radius 1 is 1.06 bits per heavy atom. The number of Topliss-reactive ketones (excluding diaryl/α,β-unsaturated/α-hetero) is 1. The van der Waals surface area contributed by atoms with Gasteiger partial charge in [-0.25, -0.2) is 0 Å². The molecule has 1 aromatic carbocycles. The number of benzene rings is 1. The maximum atomic E-state index is 11.5. The largest absolute Gasteiger partial charge is 0.295 e. The van der Waals surface area contributed by atoms with E-state index in [0.29, 0.717) is 17.8 Å². The molecular weight excluding hydrogens is 196 g/mol. The predicted molar refractivity (Wildman–Crippen MR) is 67.2 cm³/mol. The zero-order valence-corrected chi connectivity index (χ0v) is 10.8. The molecule has 2 rings (SSSR count). The van der Waals surface area contributed by atoms with Crippen molar-refractivity contribution in [1.82, 2.24) is 0 Å². The van der Waals surface area contributed by atoms with Crippen LogP contribution in [0.1, 0.15) is 66.6 Å². The van der Waals surface area contributed by atoms with Gasteiger partial charge in [-0.15, -0.1) is 0 Å². The summed E-state index contributed by atoms with van der Waals surface area (Å²) in [5, 5.41) is 0. The maximum absolute atomic E-state index is 11.5. The number of hydrogen-bond donors (Lipinski definition) is 0. The quantitative estimate of drug-likeness (QED) is 0.647. The molecule has 86 valence electrons. The molecule has 1 aliphatic carbocycles. The lowest BCUT2D eigenvalue weighted by atomic mass is 9.91. The van der Waals surface area contributed by atoms with Crippen LogP contribution in [0.3, 0.4) is 0 Å². The lowest BCUT2D eigenvalue weighted by molar-refractivity contribution is 0.101. The van der Waals surface area contributed by atoms with E-state index in [1.807, 2.05) is 6.92 Å². The van der Waals surface area contributed by atoms with Crippen LogP contribution in [0.4, 0.5) is 0 Å². The highest BCUT2D eigenvalue weighted by atomic mass is 16.1. The van der Waals surface area contributed by atoms with Crippen LogP contribution in [0.2, 0.25) is 0 Å². The highest BCUT2D eigenvalue weighted by molar-refractivity contribution is 5.96. The lowest BCUT2D eigenvalue weighted by Crippen LogP contribution is -2.02. The van der Waals surface area contributed by atoms with Gasteiger partial charge in [-0.2, -0.15) is 0 Å². The van der Waals surface area contributed by atoms with E-state index in [4.69, 9.17) is 0 Å². The summed E-state index contributed by atoms with van der Waals surface area (Å²) in [4.78, 5) is 11.5. The van der Waals surface area contributed by atoms with Crippen LogP contribution < -0.4 is 0 Å². The number of hydrogen-bond acceptors (Lipinski definition) is 1. The van der Waals surface area contributed by atoms with Gasteiger partial charge < -0.3 is 0 Å². The molecule has 0 saturated heterocycles. The number of carbonyl (C=O) groups excluding carboxylic acids is 1. The third-order valence-electron chi connectivity index (χ3n) is 4.37. The number of carbonyl (C=O) groups is 1. The summed E-state index contributed by atoms with van der Waals surface area (Å²) < 4.78 is 0. The van der Waals surface area contributed by atoms with E-state index < -0.39 is 0 Å². The molecule has 0 bridgehead atoms. The fraction of sp³-hybridized carbons (Fsp3) is 0.533. The molecule has 0 spiro atoms. The zero-order valence-electron chi connectivity index (χ0n) is 10.8. The zero-order chi connectivity index (χ0) is 12.0. The summed E-state index contributed by atoms with van der Waals surface area (Å²) in [6.45, 7) is 10.6. The lowest BCUT2D eigenvalue weighted by Gasteiger charge is -2.13. The SMILES string of the molecule is CC(=O)c1cc2c(cc1C)[C@@H](C)[C@@H](C)[C@@H]2C. The fourth-order valence-corrected chi connectivity index (χ4v) is 2.91. The molecule has 0 heterocycles. The Morgan fingerprint density at radius 2 is 1.56 bits per heavy atom. The normalized spacial score (nSPS) is 27.9. The van der Waals surface area contributed by atoms with Crippen molar-refractivity contribution in [1.29, 1.82) is 0 Å². The van der Waals surface area contributed by atoms with E-state index in [9.17, 15) is 4.79 Å². The van der Waals surface area contributed by atoms with Gasteiger partial charge >= 0.3 is 0 Å². The van der Waals surface area contributed by atoms with E-state index in [-0.39, 0.29) is 5.78 Å². The first kappa shape index (κ1) is 11.4. The third-order valence-corrected chi connectivity index (χ3v) is 4.37. The van der Waals surface area contributed by atoms with Gasteiger partial charge in [-0.05, 0) is 54.4 Å². The molecule has 0 saturated carbocycles. The average molecular weight is 216 g/mol. The Hall–Kier alpha value is -1.11. The number of ketones is 1. The Bertz CT molecular complexity index is 445. The minimum absolute atomic E-state index is 0.180. The van der Waals surface area contributed by atoms with Crippen molar-refractivity contribution >= 4 is 5.78 Å². The van der Waals surface area contributed by atoms with E-state index in [0.717, 1.165) is 11.1 Å². The van der Waals surface area contributed by atoms with Crippen LogP contribution in [-0.4, -0.2) is 5.78 Å². The van der Waals surface area contributed by atoms with Crippen LogP contribution >= 0.6 is 0 Å². The second-order valence-corrected chi connectivity index (χ2v) is 5.29. The highest BCUT2D eigenvalue weighted by Gasteiger charge is 2.33. The molecule has 3 atom stereocenters. The van der Waals surface area contributed by atoms with Crippen LogP contribution in [-0.2, 0) is 0 Å².